The predicted molar refractivity (Wildman–Crippen MR) is 109 cm³/mol. The highest BCUT2D eigenvalue weighted by molar-refractivity contribution is 5.23. The summed E-state index contributed by atoms with van der Waals surface area (Å²) in [7, 11) is 0. The van der Waals surface area contributed by atoms with Crippen molar-refractivity contribution in [1.82, 2.24) is 0 Å². The Hall–Kier alpha value is -1.50. The number of benzene rings is 1. The van der Waals surface area contributed by atoms with Crippen LogP contribution in [0.1, 0.15) is 70.4 Å². The Balaban J connectivity index is 1.87. The minimum absolute atomic E-state index is 0.162. The van der Waals surface area contributed by atoms with E-state index in [4.69, 9.17) is 9.47 Å². The van der Waals surface area contributed by atoms with Gasteiger partial charge in [-0.25, -0.2) is 0 Å². The lowest BCUT2D eigenvalue weighted by molar-refractivity contribution is -0.607. The third kappa shape index (κ3) is 6.26. The summed E-state index contributed by atoms with van der Waals surface area (Å²) in [5.74, 6) is -0.864. The van der Waals surface area contributed by atoms with E-state index < -0.39 is 22.4 Å². The molecule has 1 unspecified atom stereocenters. The molecule has 0 bridgehead atoms. The largest absolute Gasteiger partial charge is 0.385 e. The fourth-order valence-electron chi connectivity index (χ4n) is 3.47. The molecule has 1 N–H and O–H groups in total. The normalized spacial score (nSPS) is 19.3. The van der Waals surface area contributed by atoms with Crippen LogP contribution in [0.15, 0.2) is 24.3 Å². The summed E-state index contributed by atoms with van der Waals surface area (Å²) >= 11 is 0. The first-order chi connectivity index (χ1) is 13.3. The van der Waals surface area contributed by atoms with Gasteiger partial charge in [-0.3, -0.25) is 10.1 Å². The van der Waals surface area contributed by atoms with Gasteiger partial charge in [-0.1, -0.05) is 63.3 Å². The predicted octanol–water partition coefficient (Wildman–Crippen LogP) is 4.29. The Morgan fingerprint density at radius 3 is 2.14 bits per heavy atom. The van der Waals surface area contributed by atoms with Crippen LogP contribution in [0.25, 0.3) is 0 Å². The van der Waals surface area contributed by atoms with Crippen LogP contribution in [-0.4, -0.2) is 40.7 Å². The molecule has 1 atom stereocenters. The van der Waals surface area contributed by atoms with E-state index in [0.717, 1.165) is 12.0 Å². The van der Waals surface area contributed by atoms with Crippen LogP contribution < -0.4 is 0 Å². The molecule has 1 fully saturated rings. The van der Waals surface area contributed by atoms with Crippen LogP contribution in [0.2, 0.25) is 0 Å². The first-order valence-corrected chi connectivity index (χ1v) is 10.5. The van der Waals surface area contributed by atoms with Gasteiger partial charge < -0.3 is 14.6 Å². The number of aliphatic hydroxyl groups is 1. The molecule has 6 heteroatoms. The third-order valence-corrected chi connectivity index (χ3v) is 5.59. The zero-order chi connectivity index (χ0) is 20.6. The lowest BCUT2D eigenvalue weighted by Crippen LogP contribution is -2.62. The van der Waals surface area contributed by atoms with E-state index in [9.17, 15) is 15.2 Å². The van der Waals surface area contributed by atoms with Gasteiger partial charge in [0.05, 0.1) is 0 Å². The molecule has 0 radical (unpaired) electrons. The summed E-state index contributed by atoms with van der Waals surface area (Å²) in [6, 6.07) is 8.03. The van der Waals surface area contributed by atoms with Gasteiger partial charge in [-0.2, -0.15) is 0 Å². The van der Waals surface area contributed by atoms with Crippen molar-refractivity contribution in [1.29, 1.82) is 0 Å². The van der Waals surface area contributed by atoms with E-state index in [1.54, 1.807) is 13.8 Å². The molecule has 2 rings (SSSR count). The van der Waals surface area contributed by atoms with Crippen molar-refractivity contribution >= 4 is 0 Å². The molecule has 0 saturated carbocycles. The lowest BCUT2D eigenvalue weighted by atomic mass is 9.88. The Bertz CT molecular complexity index is 604. The maximum atomic E-state index is 11.7. The number of hydrogen-bond donors (Lipinski definition) is 1. The topological polar surface area (TPSA) is 81.8 Å². The molecule has 158 valence electrons. The summed E-state index contributed by atoms with van der Waals surface area (Å²) in [5, 5.41) is 22.3. The van der Waals surface area contributed by atoms with E-state index in [2.05, 4.69) is 19.1 Å². The maximum Gasteiger partial charge on any atom is 0.293 e. The number of unbranched alkanes of at least 4 members (excludes halogenated alkanes) is 5. The molecule has 0 aromatic heterocycles. The number of aliphatic hydroxyl groups excluding tert-OH is 1. The highest BCUT2D eigenvalue weighted by Crippen LogP contribution is 2.30. The lowest BCUT2D eigenvalue weighted by Gasteiger charge is -2.39. The maximum absolute atomic E-state index is 11.7. The Morgan fingerprint density at radius 2 is 1.57 bits per heavy atom. The minimum Gasteiger partial charge on any atom is -0.385 e. The molecular formula is C22H35NO5. The van der Waals surface area contributed by atoms with Crippen molar-refractivity contribution in [2.24, 2.45) is 0 Å². The van der Waals surface area contributed by atoms with Crippen molar-refractivity contribution in [2.75, 3.05) is 13.2 Å². The smallest absolute Gasteiger partial charge is 0.293 e. The molecule has 1 aliphatic rings. The standard InChI is InChI=1S/C22H35NO5/c1-4-5-6-7-8-9-10-18-11-13-19(14-12-18)15-20(24)22(23(25)26)16-27-21(2,3)28-17-22/h11-14,20,24H,4-10,15-17H2,1-3H3. The van der Waals surface area contributed by atoms with Crippen LogP contribution in [0.5, 0.6) is 0 Å². The monoisotopic (exact) mass is 393 g/mol. The molecule has 1 aliphatic heterocycles. The fraction of sp³-hybridized carbons (Fsp3) is 0.727. The number of aryl methyl sites for hydroxylation is 1. The van der Waals surface area contributed by atoms with Gasteiger partial charge in [-0.15, -0.1) is 0 Å². The number of nitrogens with zero attached hydrogens (tertiary/aromatic N) is 1. The van der Waals surface area contributed by atoms with Crippen molar-refractivity contribution in [3.05, 3.63) is 45.5 Å². The molecule has 28 heavy (non-hydrogen) atoms. The van der Waals surface area contributed by atoms with Crippen molar-refractivity contribution in [2.45, 2.75) is 89.6 Å². The van der Waals surface area contributed by atoms with Crippen molar-refractivity contribution in [3.63, 3.8) is 0 Å². The molecule has 6 nitrogen and oxygen atoms in total. The van der Waals surface area contributed by atoms with Crippen molar-refractivity contribution < 1.29 is 19.5 Å². The summed E-state index contributed by atoms with van der Waals surface area (Å²) in [6.07, 6.45) is 7.69. The fourth-order valence-corrected chi connectivity index (χ4v) is 3.47. The first kappa shape index (κ1) is 22.8. The van der Waals surface area contributed by atoms with E-state index in [0.29, 0.717) is 0 Å². The highest BCUT2D eigenvalue weighted by Gasteiger charge is 2.55. The highest BCUT2D eigenvalue weighted by atomic mass is 16.7. The Kier molecular flexibility index (Phi) is 8.40. The van der Waals surface area contributed by atoms with Crippen LogP contribution in [0.3, 0.4) is 0 Å². The molecule has 0 spiro atoms. The molecule has 1 saturated heterocycles. The zero-order valence-electron chi connectivity index (χ0n) is 17.5. The van der Waals surface area contributed by atoms with E-state index in [1.165, 1.54) is 44.1 Å². The minimum atomic E-state index is -1.63. The third-order valence-electron chi connectivity index (χ3n) is 5.59. The number of hydrogen-bond acceptors (Lipinski definition) is 5. The van der Waals surface area contributed by atoms with Gasteiger partial charge in [0.2, 0.25) is 0 Å². The SMILES string of the molecule is CCCCCCCCc1ccc(CC(O)C2([N+](=O)[O-])COC(C)(C)OC2)cc1. The molecule has 1 heterocycles. The van der Waals surface area contributed by atoms with E-state index >= 15 is 0 Å². The Labute approximate surface area is 168 Å². The molecule has 0 amide bonds. The number of rotatable bonds is 11. The average Bonchev–Trinajstić information content (AvgIpc) is 2.66. The second-order valence-electron chi connectivity index (χ2n) is 8.39. The van der Waals surface area contributed by atoms with Crippen LogP contribution in [0.4, 0.5) is 0 Å². The summed E-state index contributed by atoms with van der Waals surface area (Å²) in [6.45, 7) is 5.33. The van der Waals surface area contributed by atoms with Gasteiger partial charge in [0.15, 0.2) is 5.79 Å². The van der Waals surface area contributed by atoms with E-state index in [-0.39, 0.29) is 19.6 Å². The van der Waals surface area contributed by atoms with E-state index in [1.807, 2.05) is 12.1 Å². The molecular weight excluding hydrogens is 358 g/mol. The quantitative estimate of drug-likeness (QED) is 0.344. The van der Waals surface area contributed by atoms with Gasteiger partial charge in [0, 0.05) is 11.3 Å². The van der Waals surface area contributed by atoms with Gasteiger partial charge >= 0.3 is 0 Å². The van der Waals surface area contributed by atoms with Crippen molar-refractivity contribution in [3.8, 4) is 0 Å². The van der Waals surface area contributed by atoms with Crippen LogP contribution in [-0.2, 0) is 22.3 Å². The van der Waals surface area contributed by atoms with Gasteiger partial charge in [-0.05, 0) is 37.8 Å². The summed E-state index contributed by atoms with van der Waals surface area (Å²) < 4.78 is 11.0. The number of nitro groups is 1. The molecule has 0 aliphatic carbocycles. The summed E-state index contributed by atoms with van der Waals surface area (Å²) in [4.78, 5) is 11.2. The van der Waals surface area contributed by atoms with Crippen LogP contribution >= 0.6 is 0 Å². The van der Waals surface area contributed by atoms with Gasteiger partial charge in [0.1, 0.15) is 19.3 Å². The van der Waals surface area contributed by atoms with Crippen LogP contribution in [0, 0.1) is 10.1 Å². The first-order valence-electron chi connectivity index (χ1n) is 10.5. The molecule has 1 aromatic carbocycles. The zero-order valence-corrected chi connectivity index (χ0v) is 17.5. The second-order valence-corrected chi connectivity index (χ2v) is 8.39. The second kappa shape index (κ2) is 10.3. The number of ether oxygens (including phenoxy) is 2. The summed E-state index contributed by atoms with van der Waals surface area (Å²) in [5.41, 5.74) is 0.515. The average molecular weight is 394 g/mol. The molecule has 1 aromatic rings. The Morgan fingerprint density at radius 1 is 1.04 bits per heavy atom. The van der Waals surface area contributed by atoms with Gasteiger partial charge in [0.25, 0.3) is 5.54 Å².